The van der Waals surface area contributed by atoms with Crippen LogP contribution in [0.15, 0.2) is 47.4 Å². The molecule has 12 heteroatoms. The number of nitrogens with zero attached hydrogens (tertiary/aromatic N) is 1. The molecule has 2 aromatic carbocycles. The number of rotatable bonds is 6. The standard InChI is InChI=1S/C18H20FN3O5S2.ClH/c19-12-1-4-16(5-2-12)29(25,26)22-11-14(10-21-28(23,24)15-6-7-15)27-18-8-3-13(20)9-17(18)22;/h1-5,8-9,14-15,21H,6-7,10-11,20H2;1H/t14-;/m0./s1. The summed E-state index contributed by atoms with van der Waals surface area (Å²) in [5.41, 5.74) is 4.73. The molecule has 30 heavy (non-hydrogen) atoms. The second-order valence-electron chi connectivity index (χ2n) is 7.12. The van der Waals surface area contributed by atoms with Crippen LogP contribution >= 0.6 is 0 Å². The lowest BCUT2D eigenvalue weighted by atomic mass is 10.2. The van der Waals surface area contributed by atoms with Gasteiger partial charge in [-0.3, -0.25) is 4.31 Å². The van der Waals surface area contributed by atoms with E-state index in [-0.39, 0.29) is 35.6 Å². The number of ether oxygens (including phenoxy) is 1. The van der Waals surface area contributed by atoms with Gasteiger partial charge in [-0.15, -0.1) is 0 Å². The molecule has 8 nitrogen and oxygen atoms in total. The molecule has 0 amide bonds. The Bertz CT molecular complexity index is 1140. The van der Waals surface area contributed by atoms with Crippen molar-refractivity contribution in [2.24, 2.45) is 0 Å². The van der Waals surface area contributed by atoms with Crippen molar-refractivity contribution in [3.8, 4) is 5.75 Å². The van der Waals surface area contributed by atoms with Crippen molar-refractivity contribution in [3.63, 3.8) is 0 Å². The highest BCUT2D eigenvalue weighted by Gasteiger charge is 2.38. The molecule has 0 radical (unpaired) electrons. The van der Waals surface area contributed by atoms with Gasteiger partial charge in [0.15, 0.2) is 0 Å². The van der Waals surface area contributed by atoms with Crippen molar-refractivity contribution in [1.29, 1.82) is 0 Å². The first-order valence-corrected chi connectivity index (χ1v) is 12.0. The third-order valence-corrected chi connectivity index (χ3v) is 8.54. The fourth-order valence-corrected chi connectivity index (χ4v) is 6.04. The average Bonchev–Trinajstić information content (AvgIpc) is 3.52. The number of halogens is 2. The van der Waals surface area contributed by atoms with Crippen LogP contribution in [0.4, 0.5) is 15.8 Å². The number of hydrogen-bond donors (Lipinski definition) is 2. The number of fused-ring (bicyclic) bond motifs is 1. The van der Waals surface area contributed by atoms with Gasteiger partial charge in [-0.2, -0.15) is 0 Å². The van der Waals surface area contributed by atoms with Crippen LogP contribution in [0.2, 0.25) is 0 Å². The number of quaternary nitrogens is 1. The van der Waals surface area contributed by atoms with Gasteiger partial charge >= 0.3 is 0 Å². The fourth-order valence-electron chi connectivity index (χ4n) is 3.13. The van der Waals surface area contributed by atoms with Crippen LogP contribution in [0.1, 0.15) is 12.8 Å². The maximum atomic E-state index is 13.3. The normalized spacial score (nSPS) is 18.9. The van der Waals surface area contributed by atoms with E-state index in [1.54, 1.807) is 18.2 Å². The lowest BCUT2D eigenvalue weighted by Gasteiger charge is -2.35. The smallest absolute Gasteiger partial charge is 0.264 e. The van der Waals surface area contributed by atoms with E-state index in [0.717, 1.165) is 16.4 Å². The van der Waals surface area contributed by atoms with Crippen molar-refractivity contribution >= 4 is 31.4 Å². The molecule has 4 N–H and O–H groups in total. The number of anilines is 1. The Morgan fingerprint density at radius 1 is 1.10 bits per heavy atom. The quantitative estimate of drug-likeness (QED) is 0.486. The van der Waals surface area contributed by atoms with E-state index in [1.807, 2.05) is 0 Å². The Morgan fingerprint density at radius 2 is 1.77 bits per heavy atom. The van der Waals surface area contributed by atoms with Gasteiger partial charge in [0.2, 0.25) is 10.0 Å². The van der Waals surface area contributed by atoms with Crippen molar-refractivity contribution in [2.45, 2.75) is 29.1 Å². The lowest BCUT2D eigenvalue weighted by Crippen LogP contribution is -3.00. The van der Waals surface area contributed by atoms with E-state index in [1.165, 1.54) is 12.1 Å². The molecule has 1 atom stereocenters. The molecule has 2 aliphatic rings. The molecular weight excluding hydrogens is 457 g/mol. The van der Waals surface area contributed by atoms with Gasteiger partial charge in [0.25, 0.3) is 10.0 Å². The summed E-state index contributed by atoms with van der Waals surface area (Å²) in [7, 11) is -7.45. The second-order valence-corrected chi connectivity index (χ2v) is 11.0. The molecular formula is C18H21ClFN3O5S2. The summed E-state index contributed by atoms with van der Waals surface area (Å²) in [5.74, 6) is -0.233. The minimum atomic E-state index is -4.02. The first kappa shape index (κ1) is 22.8. The van der Waals surface area contributed by atoms with Crippen molar-refractivity contribution in [2.75, 3.05) is 17.4 Å². The van der Waals surface area contributed by atoms with E-state index in [0.29, 0.717) is 30.0 Å². The molecule has 0 saturated heterocycles. The van der Waals surface area contributed by atoms with Crippen LogP contribution in [0.3, 0.4) is 0 Å². The van der Waals surface area contributed by atoms with Crippen LogP contribution in [0, 0.1) is 5.82 Å². The zero-order valence-electron chi connectivity index (χ0n) is 15.8. The summed E-state index contributed by atoms with van der Waals surface area (Å²) >= 11 is 0. The van der Waals surface area contributed by atoms with Gasteiger partial charge < -0.3 is 22.9 Å². The molecule has 1 aliphatic carbocycles. The van der Waals surface area contributed by atoms with Crippen LogP contribution in [0.5, 0.6) is 5.75 Å². The summed E-state index contributed by atoms with van der Waals surface area (Å²) in [6, 6.07) is 9.41. The van der Waals surface area contributed by atoms with Gasteiger partial charge in [-0.1, -0.05) is 0 Å². The van der Waals surface area contributed by atoms with Crippen LogP contribution in [-0.4, -0.2) is 41.3 Å². The van der Waals surface area contributed by atoms with E-state index in [4.69, 9.17) is 4.74 Å². The molecule has 4 rings (SSSR count). The first-order valence-electron chi connectivity index (χ1n) is 9.06. The van der Waals surface area contributed by atoms with Crippen molar-refractivity contribution in [1.82, 2.24) is 4.72 Å². The average molecular weight is 478 g/mol. The predicted molar refractivity (Wildman–Crippen MR) is 104 cm³/mol. The third kappa shape index (κ3) is 4.54. The summed E-state index contributed by atoms with van der Waals surface area (Å²) in [6.45, 7) is -0.150. The molecule has 0 aromatic heterocycles. The third-order valence-electron chi connectivity index (χ3n) is 4.83. The van der Waals surface area contributed by atoms with Gasteiger partial charge in [0.05, 0.1) is 22.4 Å². The summed E-state index contributed by atoms with van der Waals surface area (Å²) in [5, 5.41) is -0.383. The minimum Gasteiger partial charge on any atom is -1.00 e. The minimum absolute atomic E-state index is 0. The maximum Gasteiger partial charge on any atom is 0.264 e. The van der Waals surface area contributed by atoms with Crippen molar-refractivity contribution in [3.05, 3.63) is 48.3 Å². The fraction of sp³-hybridized carbons (Fsp3) is 0.333. The van der Waals surface area contributed by atoms with Crippen LogP contribution in [0.25, 0.3) is 0 Å². The zero-order valence-corrected chi connectivity index (χ0v) is 18.2. The van der Waals surface area contributed by atoms with Gasteiger partial charge in [0.1, 0.15) is 23.4 Å². The highest BCUT2D eigenvalue weighted by atomic mass is 35.5. The Hall–Kier alpha value is -1.92. The molecule has 1 saturated carbocycles. The number of sulfonamides is 2. The summed E-state index contributed by atoms with van der Waals surface area (Å²) in [4.78, 5) is -0.0708. The van der Waals surface area contributed by atoms with E-state index in [2.05, 4.69) is 10.5 Å². The Morgan fingerprint density at radius 3 is 2.40 bits per heavy atom. The molecule has 1 aliphatic heterocycles. The largest absolute Gasteiger partial charge is 1.00 e. The zero-order chi connectivity index (χ0) is 20.8. The molecule has 0 unspecified atom stereocenters. The maximum absolute atomic E-state index is 13.3. The first-order chi connectivity index (χ1) is 13.7. The molecule has 2 aromatic rings. The van der Waals surface area contributed by atoms with E-state index < -0.39 is 32.0 Å². The molecule has 0 bridgehead atoms. The van der Waals surface area contributed by atoms with Crippen molar-refractivity contribution < 1.29 is 44.1 Å². The summed E-state index contributed by atoms with van der Waals surface area (Å²) < 4.78 is 73.4. The van der Waals surface area contributed by atoms with Gasteiger partial charge in [0, 0.05) is 18.7 Å². The second kappa shape index (κ2) is 8.31. The van der Waals surface area contributed by atoms with E-state index >= 15 is 0 Å². The highest BCUT2D eigenvalue weighted by molar-refractivity contribution is 7.92. The highest BCUT2D eigenvalue weighted by Crippen LogP contribution is 2.38. The molecule has 1 fully saturated rings. The lowest BCUT2D eigenvalue weighted by molar-refractivity contribution is -0.254. The van der Waals surface area contributed by atoms with Gasteiger partial charge in [-0.25, -0.2) is 25.9 Å². The van der Waals surface area contributed by atoms with Gasteiger partial charge in [-0.05, 0) is 43.2 Å². The van der Waals surface area contributed by atoms with E-state index in [9.17, 15) is 21.2 Å². The molecule has 0 spiro atoms. The topological polar surface area (TPSA) is 120 Å². The number of hydrogen-bond acceptors (Lipinski definition) is 5. The predicted octanol–water partition coefficient (Wildman–Crippen LogP) is -2.26. The Labute approximate surface area is 180 Å². The number of nitrogens with one attached hydrogen (secondary N) is 1. The SMILES string of the molecule is [Cl-].[NH3+]c1ccc2c(c1)N(S(=O)(=O)c1ccc(F)cc1)C[C@H](CNS(=O)(=O)C1CC1)O2. The Kier molecular flexibility index (Phi) is 6.30. The van der Waals surface area contributed by atoms with Crippen LogP contribution < -0.4 is 31.9 Å². The Balaban J connectivity index is 0.00000256. The monoisotopic (exact) mass is 477 g/mol. The molecule has 164 valence electrons. The van der Waals surface area contributed by atoms with Crippen LogP contribution in [-0.2, 0) is 20.0 Å². The molecule has 1 heterocycles. The summed E-state index contributed by atoms with van der Waals surface area (Å²) in [6.07, 6.45) is 0.532. The number of benzene rings is 2.